The Hall–Kier alpha value is -0.840. The molecule has 0 amide bonds. The molecule has 4 nitrogen and oxygen atoms in total. The molecule has 21 heavy (non-hydrogen) atoms. The Morgan fingerprint density at radius 2 is 2.14 bits per heavy atom. The van der Waals surface area contributed by atoms with E-state index in [2.05, 4.69) is 40.9 Å². The summed E-state index contributed by atoms with van der Waals surface area (Å²) in [6, 6.07) is 2.66. The molecule has 5 heteroatoms. The van der Waals surface area contributed by atoms with E-state index >= 15 is 0 Å². The van der Waals surface area contributed by atoms with Crippen LogP contribution in [0.4, 0.5) is 5.82 Å². The topological polar surface area (TPSA) is 31.4 Å². The van der Waals surface area contributed by atoms with Crippen LogP contribution in [-0.2, 0) is 6.54 Å². The van der Waals surface area contributed by atoms with Crippen molar-refractivity contribution in [1.29, 1.82) is 0 Å². The number of nitrogens with zero attached hydrogens (tertiary/aromatic N) is 3. The molecule has 1 aromatic rings. The molecule has 1 fully saturated rings. The third-order valence-corrected chi connectivity index (χ3v) is 4.53. The molecule has 0 bridgehead atoms. The van der Waals surface area contributed by atoms with Gasteiger partial charge in [0.15, 0.2) is 0 Å². The van der Waals surface area contributed by atoms with Gasteiger partial charge in [0.2, 0.25) is 0 Å². The minimum absolute atomic E-state index is 0.624. The lowest BCUT2D eigenvalue weighted by atomic mass is 10.2. The highest BCUT2D eigenvalue weighted by Gasteiger charge is 2.28. The SMILES string of the molecule is CCNCc1cnc(N2CCC(N(CC)CC)C2)c(Cl)c1. The van der Waals surface area contributed by atoms with E-state index in [9.17, 15) is 0 Å². The second kappa shape index (κ2) is 7.97. The Labute approximate surface area is 133 Å². The van der Waals surface area contributed by atoms with Gasteiger partial charge in [-0.2, -0.15) is 0 Å². The summed E-state index contributed by atoms with van der Waals surface area (Å²) in [6.45, 7) is 12.6. The van der Waals surface area contributed by atoms with Crippen LogP contribution in [0.25, 0.3) is 0 Å². The molecule has 1 atom stereocenters. The molecule has 118 valence electrons. The number of hydrogen-bond donors (Lipinski definition) is 1. The minimum Gasteiger partial charge on any atom is -0.354 e. The Bertz CT molecular complexity index is 448. The number of rotatable bonds is 7. The first-order valence-corrected chi connectivity index (χ1v) is 8.41. The number of nitrogens with one attached hydrogen (secondary N) is 1. The lowest BCUT2D eigenvalue weighted by Gasteiger charge is -2.26. The highest BCUT2D eigenvalue weighted by molar-refractivity contribution is 6.33. The summed E-state index contributed by atoms with van der Waals surface area (Å²) < 4.78 is 0. The Morgan fingerprint density at radius 3 is 2.76 bits per heavy atom. The molecule has 2 heterocycles. The van der Waals surface area contributed by atoms with Gasteiger partial charge in [0.05, 0.1) is 5.02 Å². The van der Waals surface area contributed by atoms with Crippen LogP contribution in [0.5, 0.6) is 0 Å². The molecule has 1 aliphatic rings. The summed E-state index contributed by atoms with van der Waals surface area (Å²) in [6.07, 6.45) is 3.13. The van der Waals surface area contributed by atoms with Crippen molar-refractivity contribution in [2.45, 2.75) is 39.8 Å². The van der Waals surface area contributed by atoms with E-state index in [1.807, 2.05) is 12.3 Å². The van der Waals surface area contributed by atoms with Gasteiger partial charge in [-0.25, -0.2) is 4.98 Å². The molecule has 1 aromatic heterocycles. The number of anilines is 1. The number of likely N-dealkylation sites (N-methyl/N-ethyl adjacent to an activating group) is 1. The Kier molecular flexibility index (Phi) is 6.27. The number of pyridine rings is 1. The maximum atomic E-state index is 6.44. The van der Waals surface area contributed by atoms with Gasteiger partial charge in [0, 0.05) is 31.9 Å². The average Bonchev–Trinajstić information content (AvgIpc) is 2.96. The van der Waals surface area contributed by atoms with Gasteiger partial charge in [0.25, 0.3) is 0 Å². The van der Waals surface area contributed by atoms with E-state index in [1.54, 1.807) is 0 Å². The molecule has 0 spiro atoms. The molecule has 1 aliphatic heterocycles. The van der Waals surface area contributed by atoms with E-state index in [0.717, 1.165) is 55.7 Å². The van der Waals surface area contributed by atoms with Crippen molar-refractivity contribution in [3.8, 4) is 0 Å². The maximum absolute atomic E-state index is 6.44. The van der Waals surface area contributed by atoms with Crippen LogP contribution in [0.15, 0.2) is 12.3 Å². The molecular formula is C16H27ClN4. The van der Waals surface area contributed by atoms with Crippen LogP contribution >= 0.6 is 11.6 Å². The molecule has 0 radical (unpaired) electrons. The predicted octanol–water partition coefficient (Wildman–Crippen LogP) is 2.77. The smallest absolute Gasteiger partial charge is 0.147 e. The van der Waals surface area contributed by atoms with E-state index in [1.165, 1.54) is 6.42 Å². The lowest BCUT2D eigenvalue weighted by Crippen LogP contribution is -2.37. The van der Waals surface area contributed by atoms with Gasteiger partial charge in [-0.3, -0.25) is 4.90 Å². The van der Waals surface area contributed by atoms with Crippen LogP contribution in [-0.4, -0.2) is 48.6 Å². The Balaban J connectivity index is 2.02. The normalized spacial score (nSPS) is 18.7. The van der Waals surface area contributed by atoms with E-state index in [0.29, 0.717) is 6.04 Å². The molecule has 0 aliphatic carbocycles. The van der Waals surface area contributed by atoms with Crippen LogP contribution in [0, 0.1) is 0 Å². The third-order valence-electron chi connectivity index (χ3n) is 4.25. The second-order valence-electron chi connectivity index (χ2n) is 5.54. The monoisotopic (exact) mass is 310 g/mol. The molecule has 2 rings (SSSR count). The van der Waals surface area contributed by atoms with Gasteiger partial charge in [-0.15, -0.1) is 0 Å². The van der Waals surface area contributed by atoms with Gasteiger partial charge >= 0.3 is 0 Å². The summed E-state index contributed by atoms with van der Waals surface area (Å²) in [4.78, 5) is 9.44. The molecular weight excluding hydrogens is 284 g/mol. The van der Waals surface area contributed by atoms with E-state index < -0.39 is 0 Å². The largest absolute Gasteiger partial charge is 0.354 e. The maximum Gasteiger partial charge on any atom is 0.147 e. The molecule has 0 saturated carbocycles. The first-order chi connectivity index (χ1) is 10.2. The van der Waals surface area contributed by atoms with Crippen molar-refractivity contribution in [2.24, 2.45) is 0 Å². The fourth-order valence-corrected chi connectivity index (χ4v) is 3.35. The van der Waals surface area contributed by atoms with Crippen molar-refractivity contribution in [2.75, 3.05) is 37.6 Å². The standard InChI is InChI=1S/C16H27ClN4/c1-4-18-10-13-9-15(17)16(19-11-13)21-8-7-14(12-21)20(5-2)6-3/h9,11,14,18H,4-8,10,12H2,1-3H3. The van der Waals surface area contributed by atoms with E-state index in [4.69, 9.17) is 11.6 Å². The van der Waals surface area contributed by atoms with Gasteiger partial charge in [0.1, 0.15) is 5.82 Å². The number of halogens is 1. The fraction of sp³-hybridized carbons (Fsp3) is 0.688. The van der Waals surface area contributed by atoms with Crippen molar-refractivity contribution >= 4 is 17.4 Å². The van der Waals surface area contributed by atoms with Gasteiger partial charge in [-0.05, 0) is 37.7 Å². The van der Waals surface area contributed by atoms with Crippen LogP contribution in [0.3, 0.4) is 0 Å². The molecule has 0 aromatic carbocycles. The highest BCUT2D eigenvalue weighted by Crippen LogP contribution is 2.28. The lowest BCUT2D eigenvalue weighted by molar-refractivity contribution is 0.232. The molecule has 1 unspecified atom stereocenters. The summed E-state index contributed by atoms with van der Waals surface area (Å²) in [5.74, 6) is 0.937. The zero-order valence-electron chi connectivity index (χ0n) is 13.4. The van der Waals surface area contributed by atoms with Gasteiger partial charge in [-0.1, -0.05) is 32.4 Å². The first kappa shape index (κ1) is 16.5. The zero-order valence-corrected chi connectivity index (χ0v) is 14.2. The van der Waals surface area contributed by atoms with Crippen molar-refractivity contribution in [3.05, 3.63) is 22.8 Å². The second-order valence-corrected chi connectivity index (χ2v) is 5.95. The summed E-state index contributed by atoms with van der Waals surface area (Å²) in [5.41, 5.74) is 1.14. The fourth-order valence-electron chi connectivity index (χ4n) is 3.04. The van der Waals surface area contributed by atoms with Crippen molar-refractivity contribution < 1.29 is 0 Å². The Morgan fingerprint density at radius 1 is 1.38 bits per heavy atom. The van der Waals surface area contributed by atoms with Crippen LogP contribution in [0.2, 0.25) is 5.02 Å². The van der Waals surface area contributed by atoms with Crippen molar-refractivity contribution in [1.82, 2.24) is 15.2 Å². The minimum atomic E-state index is 0.624. The highest BCUT2D eigenvalue weighted by atomic mass is 35.5. The number of aromatic nitrogens is 1. The summed E-state index contributed by atoms with van der Waals surface area (Å²) in [7, 11) is 0. The predicted molar refractivity (Wildman–Crippen MR) is 90.2 cm³/mol. The van der Waals surface area contributed by atoms with Gasteiger partial charge < -0.3 is 10.2 Å². The summed E-state index contributed by atoms with van der Waals surface area (Å²) >= 11 is 6.44. The number of hydrogen-bond acceptors (Lipinski definition) is 4. The summed E-state index contributed by atoms with van der Waals surface area (Å²) in [5, 5.41) is 4.07. The van der Waals surface area contributed by atoms with Crippen LogP contribution in [0.1, 0.15) is 32.8 Å². The first-order valence-electron chi connectivity index (χ1n) is 8.03. The third kappa shape index (κ3) is 4.09. The average molecular weight is 311 g/mol. The van der Waals surface area contributed by atoms with Crippen molar-refractivity contribution in [3.63, 3.8) is 0 Å². The zero-order chi connectivity index (χ0) is 15.2. The molecule has 1 N–H and O–H groups in total. The molecule has 1 saturated heterocycles. The quantitative estimate of drug-likeness (QED) is 0.839. The van der Waals surface area contributed by atoms with E-state index in [-0.39, 0.29) is 0 Å². The van der Waals surface area contributed by atoms with Crippen LogP contribution < -0.4 is 10.2 Å².